The van der Waals surface area contributed by atoms with Crippen LogP contribution in [0, 0.1) is 23.0 Å². The van der Waals surface area contributed by atoms with E-state index in [-0.39, 0.29) is 39.3 Å². The normalized spacial score (nSPS) is 11.7. The zero-order chi connectivity index (χ0) is 23.2. The number of rotatable bonds is 4. The standard InChI is InChI=1S/C23H17ClF2N4O2/c1-23(2,32)11-30-10-13(9-28-30)20-16(25)6-18-21(22(20)26)19(31)7-17(29-18)14-5-12(8-27)3-4-15(14)24/h3-7,9-10,32H,11H2,1-2H3,(H,29,31). The van der Waals surface area contributed by atoms with E-state index >= 15 is 4.39 Å². The van der Waals surface area contributed by atoms with Crippen LogP contribution in [0.1, 0.15) is 19.4 Å². The number of fused-ring (bicyclic) bond motifs is 1. The highest BCUT2D eigenvalue weighted by Gasteiger charge is 2.21. The van der Waals surface area contributed by atoms with Gasteiger partial charge in [0.15, 0.2) is 5.43 Å². The maximum absolute atomic E-state index is 15.3. The first kappa shape index (κ1) is 21.7. The number of nitriles is 1. The summed E-state index contributed by atoms with van der Waals surface area (Å²) in [4.78, 5) is 15.6. The fourth-order valence-corrected chi connectivity index (χ4v) is 3.75. The van der Waals surface area contributed by atoms with Crippen molar-refractivity contribution in [1.29, 1.82) is 5.26 Å². The van der Waals surface area contributed by atoms with E-state index < -0.39 is 22.7 Å². The third-order valence-electron chi connectivity index (χ3n) is 4.87. The van der Waals surface area contributed by atoms with E-state index in [9.17, 15) is 14.3 Å². The largest absolute Gasteiger partial charge is 0.389 e. The van der Waals surface area contributed by atoms with Crippen LogP contribution in [0.5, 0.6) is 0 Å². The topological polar surface area (TPSA) is 94.7 Å². The second-order valence-electron chi connectivity index (χ2n) is 8.06. The van der Waals surface area contributed by atoms with Crippen molar-refractivity contribution in [3.05, 3.63) is 75.2 Å². The van der Waals surface area contributed by atoms with Gasteiger partial charge in [0, 0.05) is 28.4 Å². The van der Waals surface area contributed by atoms with Gasteiger partial charge < -0.3 is 10.1 Å². The van der Waals surface area contributed by atoms with Crippen LogP contribution in [-0.4, -0.2) is 25.5 Å². The Morgan fingerprint density at radius 1 is 1.28 bits per heavy atom. The van der Waals surface area contributed by atoms with Crippen molar-refractivity contribution >= 4 is 22.5 Å². The van der Waals surface area contributed by atoms with Gasteiger partial charge in [-0.3, -0.25) is 9.48 Å². The quantitative estimate of drug-likeness (QED) is 0.470. The number of hydrogen-bond donors (Lipinski definition) is 2. The zero-order valence-electron chi connectivity index (χ0n) is 17.1. The molecule has 0 atom stereocenters. The summed E-state index contributed by atoms with van der Waals surface area (Å²) in [6, 6.07) is 8.69. The molecule has 6 nitrogen and oxygen atoms in total. The molecule has 4 rings (SSSR count). The molecule has 0 aliphatic carbocycles. The lowest BCUT2D eigenvalue weighted by Crippen LogP contribution is -2.26. The molecule has 2 N–H and O–H groups in total. The monoisotopic (exact) mass is 454 g/mol. The minimum atomic E-state index is -1.07. The minimum Gasteiger partial charge on any atom is -0.389 e. The smallest absolute Gasteiger partial charge is 0.193 e. The van der Waals surface area contributed by atoms with E-state index in [1.165, 1.54) is 35.3 Å². The van der Waals surface area contributed by atoms with E-state index in [0.717, 1.165) is 12.1 Å². The molecule has 0 radical (unpaired) electrons. The Balaban J connectivity index is 1.87. The Hall–Kier alpha value is -3.54. The van der Waals surface area contributed by atoms with Crippen LogP contribution in [-0.2, 0) is 6.54 Å². The van der Waals surface area contributed by atoms with Crippen LogP contribution in [0.15, 0.2) is 47.5 Å². The Labute approximate surface area is 186 Å². The fourth-order valence-electron chi connectivity index (χ4n) is 3.53. The number of nitrogens with zero attached hydrogens (tertiary/aromatic N) is 3. The lowest BCUT2D eigenvalue weighted by atomic mass is 10.0. The molecule has 2 heterocycles. The van der Waals surface area contributed by atoms with Gasteiger partial charge >= 0.3 is 0 Å². The SMILES string of the molecule is CC(C)(O)Cn1cc(-c2c(F)cc3[nH]c(-c4cc(C#N)ccc4Cl)cc(=O)c3c2F)cn1. The average molecular weight is 455 g/mol. The van der Waals surface area contributed by atoms with Gasteiger partial charge in [0.05, 0.1) is 52.1 Å². The summed E-state index contributed by atoms with van der Waals surface area (Å²) >= 11 is 6.20. The van der Waals surface area contributed by atoms with Gasteiger partial charge in [-0.2, -0.15) is 10.4 Å². The Kier molecular flexibility index (Phi) is 5.33. The number of benzene rings is 2. The molecule has 0 fully saturated rings. The molecule has 2 aromatic heterocycles. The van der Waals surface area contributed by atoms with Crippen molar-refractivity contribution in [1.82, 2.24) is 14.8 Å². The fraction of sp³-hybridized carbons (Fsp3) is 0.174. The zero-order valence-corrected chi connectivity index (χ0v) is 17.8. The first-order chi connectivity index (χ1) is 15.1. The van der Waals surface area contributed by atoms with Gasteiger partial charge in [-0.05, 0) is 38.1 Å². The Morgan fingerprint density at radius 2 is 2.03 bits per heavy atom. The highest BCUT2D eigenvalue weighted by atomic mass is 35.5. The predicted octanol–water partition coefficient (Wildman–Crippen LogP) is 4.63. The van der Waals surface area contributed by atoms with E-state index in [1.54, 1.807) is 13.8 Å². The summed E-state index contributed by atoms with van der Waals surface area (Å²) in [6.45, 7) is 3.29. The van der Waals surface area contributed by atoms with Crippen molar-refractivity contribution in [2.75, 3.05) is 0 Å². The van der Waals surface area contributed by atoms with Crippen LogP contribution in [0.4, 0.5) is 8.78 Å². The molecular formula is C23H17ClF2N4O2. The summed E-state index contributed by atoms with van der Waals surface area (Å²) in [7, 11) is 0. The van der Waals surface area contributed by atoms with E-state index in [1.807, 2.05) is 6.07 Å². The molecule has 32 heavy (non-hydrogen) atoms. The maximum atomic E-state index is 15.3. The lowest BCUT2D eigenvalue weighted by molar-refractivity contribution is 0.0577. The van der Waals surface area contributed by atoms with Gasteiger partial charge in [-0.1, -0.05) is 11.6 Å². The number of aromatic amines is 1. The van der Waals surface area contributed by atoms with Crippen LogP contribution >= 0.6 is 11.6 Å². The molecule has 9 heteroatoms. The third kappa shape index (κ3) is 4.00. The molecule has 0 saturated carbocycles. The summed E-state index contributed by atoms with van der Waals surface area (Å²) < 4.78 is 31.7. The first-order valence-electron chi connectivity index (χ1n) is 9.57. The van der Waals surface area contributed by atoms with Crippen molar-refractivity contribution in [2.45, 2.75) is 26.0 Å². The lowest BCUT2D eigenvalue weighted by Gasteiger charge is -2.16. The average Bonchev–Trinajstić information content (AvgIpc) is 3.13. The molecule has 0 spiro atoms. The number of H-pyrrole nitrogens is 1. The third-order valence-corrected chi connectivity index (χ3v) is 5.20. The number of pyridine rings is 1. The number of hydrogen-bond acceptors (Lipinski definition) is 4. The Morgan fingerprint density at radius 3 is 2.72 bits per heavy atom. The van der Waals surface area contributed by atoms with Crippen LogP contribution in [0.3, 0.4) is 0 Å². The molecule has 0 bridgehead atoms. The number of halogens is 3. The molecule has 0 unspecified atom stereocenters. The molecule has 0 saturated heterocycles. The summed E-state index contributed by atoms with van der Waals surface area (Å²) in [5.41, 5.74) is -1.12. The second kappa shape index (κ2) is 7.86. The van der Waals surface area contributed by atoms with Crippen molar-refractivity contribution in [3.8, 4) is 28.5 Å². The van der Waals surface area contributed by atoms with Crippen molar-refractivity contribution < 1.29 is 13.9 Å². The van der Waals surface area contributed by atoms with E-state index in [0.29, 0.717) is 11.1 Å². The summed E-state index contributed by atoms with van der Waals surface area (Å²) in [6.07, 6.45) is 2.68. The van der Waals surface area contributed by atoms with Gasteiger partial charge in [0.1, 0.15) is 11.6 Å². The molecule has 4 aromatic rings. The minimum absolute atomic E-state index is 0.0476. The molecule has 162 valence electrons. The Bertz CT molecular complexity index is 1460. The van der Waals surface area contributed by atoms with E-state index in [2.05, 4.69) is 10.1 Å². The number of aromatic nitrogens is 3. The summed E-state index contributed by atoms with van der Waals surface area (Å²) in [5, 5.41) is 23.0. The van der Waals surface area contributed by atoms with Gasteiger partial charge in [-0.15, -0.1) is 0 Å². The van der Waals surface area contributed by atoms with Gasteiger partial charge in [0.2, 0.25) is 0 Å². The highest BCUT2D eigenvalue weighted by Crippen LogP contribution is 2.32. The van der Waals surface area contributed by atoms with Gasteiger partial charge in [-0.25, -0.2) is 8.78 Å². The highest BCUT2D eigenvalue weighted by molar-refractivity contribution is 6.33. The number of nitrogens with one attached hydrogen (secondary N) is 1. The molecule has 0 aliphatic heterocycles. The second-order valence-corrected chi connectivity index (χ2v) is 8.47. The van der Waals surface area contributed by atoms with Crippen LogP contribution in [0.2, 0.25) is 5.02 Å². The molecule has 0 amide bonds. The van der Waals surface area contributed by atoms with Crippen molar-refractivity contribution in [3.63, 3.8) is 0 Å². The molecular weight excluding hydrogens is 438 g/mol. The van der Waals surface area contributed by atoms with Gasteiger partial charge in [0.25, 0.3) is 0 Å². The predicted molar refractivity (Wildman–Crippen MR) is 117 cm³/mol. The van der Waals surface area contributed by atoms with Crippen molar-refractivity contribution in [2.24, 2.45) is 0 Å². The molecule has 0 aliphatic rings. The van der Waals surface area contributed by atoms with Crippen LogP contribution < -0.4 is 5.43 Å². The summed E-state index contributed by atoms with van der Waals surface area (Å²) in [5.74, 6) is -1.91. The molecule has 2 aromatic carbocycles. The van der Waals surface area contributed by atoms with E-state index in [4.69, 9.17) is 16.9 Å². The first-order valence-corrected chi connectivity index (χ1v) is 9.95. The maximum Gasteiger partial charge on any atom is 0.193 e. The van der Waals surface area contributed by atoms with Crippen LogP contribution in [0.25, 0.3) is 33.3 Å². The number of aliphatic hydroxyl groups is 1.